The lowest BCUT2D eigenvalue weighted by Crippen LogP contribution is -1.98. The summed E-state index contributed by atoms with van der Waals surface area (Å²) in [4.78, 5) is 0. The van der Waals surface area contributed by atoms with E-state index in [1.54, 1.807) is 24.3 Å². The number of nitrogens with zero attached hydrogens (tertiary/aromatic N) is 1. The second-order valence-electron chi connectivity index (χ2n) is 6.89. The molecule has 0 fully saturated rings. The fourth-order valence-corrected chi connectivity index (χ4v) is 4.84. The highest BCUT2D eigenvalue weighted by molar-refractivity contribution is 9.11. The third kappa shape index (κ3) is 4.71. The minimum Gasteiger partial charge on any atom is -0.487 e. The molecule has 0 aliphatic carbocycles. The van der Waals surface area contributed by atoms with Crippen LogP contribution in [0.25, 0.3) is 22.4 Å². The normalized spacial score (nSPS) is 11.4. The quantitative estimate of drug-likeness (QED) is 0.190. The van der Waals surface area contributed by atoms with E-state index >= 15 is 0 Å². The molecule has 0 radical (unpaired) electrons. The molecule has 0 spiro atoms. The molecule has 0 aliphatic rings. The number of hydrogen-bond donors (Lipinski definition) is 0. The van der Waals surface area contributed by atoms with E-state index in [-0.39, 0.29) is 11.1 Å². The Morgan fingerprint density at radius 1 is 0.935 bits per heavy atom. The Morgan fingerprint density at radius 2 is 1.61 bits per heavy atom. The van der Waals surface area contributed by atoms with Crippen LogP contribution in [-0.2, 0) is 6.61 Å². The molecule has 4 aromatic carbocycles. The molecule has 152 valence electrons. The van der Waals surface area contributed by atoms with Crippen LogP contribution in [0.1, 0.15) is 16.7 Å². The lowest BCUT2D eigenvalue weighted by Gasteiger charge is -2.13. The van der Waals surface area contributed by atoms with Crippen LogP contribution >= 0.6 is 31.9 Å². The van der Waals surface area contributed by atoms with Gasteiger partial charge >= 0.3 is 0 Å². The number of rotatable bonds is 5. The third-order valence-corrected chi connectivity index (χ3v) is 6.05. The molecule has 2 nitrogen and oxygen atoms in total. The topological polar surface area (TPSA) is 33.0 Å². The van der Waals surface area contributed by atoms with Gasteiger partial charge in [-0.1, -0.05) is 60.7 Å². The first-order valence-corrected chi connectivity index (χ1v) is 11.1. The van der Waals surface area contributed by atoms with Crippen LogP contribution in [0.5, 0.6) is 5.75 Å². The second-order valence-corrected chi connectivity index (χ2v) is 8.60. The summed E-state index contributed by atoms with van der Waals surface area (Å²) >= 11 is 7.13. The molecule has 4 rings (SSSR count). The van der Waals surface area contributed by atoms with Crippen LogP contribution in [0, 0.1) is 17.1 Å². The van der Waals surface area contributed by atoms with Crippen LogP contribution < -0.4 is 4.74 Å². The second kappa shape index (κ2) is 9.47. The van der Waals surface area contributed by atoms with Crippen LogP contribution in [0.4, 0.5) is 4.39 Å². The van der Waals surface area contributed by atoms with Crippen LogP contribution in [-0.4, -0.2) is 0 Å². The van der Waals surface area contributed by atoms with Gasteiger partial charge in [-0.15, -0.1) is 0 Å². The van der Waals surface area contributed by atoms with Crippen molar-refractivity contribution in [3.8, 4) is 11.8 Å². The first-order chi connectivity index (χ1) is 15.1. The van der Waals surface area contributed by atoms with Gasteiger partial charge in [0.15, 0.2) is 0 Å². The number of allylic oxidation sites excluding steroid dienone is 1. The number of hydrogen-bond acceptors (Lipinski definition) is 2. The van der Waals surface area contributed by atoms with Gasteiger partial charge in [0.1, 0.15) is 18.2 Å². The SMILES string of the molecule is N#C/C(=C/c1cc(Br)c(OCc2cccc3ccccc23)c(Br)c1)c1ccccc1F. The molecule has 31 heavy (non-hydrogen) atoms. The van der Waals surface area contributed by atoms with Gasteiger partial charge in [-0.05, 0) is 78.0 Å². The summed E-state index contributed by atoms with van der Waals surface area (Å²) in [5.41, 5.74) is 2.36. The summed E-state index contributed by atoms with van der Waals surface area (Å²) in [6.45, 7) is 0.409. The Bertz CT molecular complexity index is 1310. The number of benzene rings is 4. The predicted molar refractivity (Wildman–Crippen MR) is 130 cm³/mol. The molecule has 0 atom stereocenters. The summed E-state index contributed by atoms with van der Waals surface area (Å²) in [7, 11) is 0. The molecule has 0 saturated heterocycles. The zero-order valence-corrected chi connectivity index (χ0v) is 19.5. The molecule has 4 aromatic rings. The minimum absolute atomic E-state index is 0.251. The van der Waals surface area contributed by atoms with Crippen molar-refractivity contribution in [1.82, 2.24) is 0 Å². The highest BCUT2D eigenvalue weighted by Gasteiger charge is 2.12. The van der Waals surface area contributed by atoms with Crippen LogP contribution in [0.2, 0.25) is 0 Å². The molecule has 0 unspecified atom stereocenters. The van der Waals surface area contributed by atoms with Crippen molar-refractivity contribution >= 4 is 54.3 Å². The van der Waals surface area contributed by atoms with Gasteiger partial charge in [0.05, 0.1) is 20.6 Å². The monoisotopic (exact) mass is 535 g/mol. The van der Waals surface area contributed by atoms with Gasteiger partial charge < -0.3 is 4.74 Å². The van der Waals surface area contributed by atoms with E-state index in [1.807, 2.05) is 30.3 Å². The van der Waals surface area contributed by atoms with E-state index in [1.165, 1.54) is 11.5 Å². The molecule has 0 aliphatic heterocycles. The maximum Gasteiger partial charge on any atom is 0.148 e. The summed E-state index contributed by atoms with van der Waals surface area (Å²) in [6.07, 6.45) is 1.66. The van der Waals surface area contributed by atoms with Gasteiger partial charge in [0.25, 0.3) is 0 Å². The number of fused-ring (bicyclic) bond motifs is 1. The van der Waals surface area contributed by atoms with Crippen LogP contribution in [0.3, 0.4) is 0 Å². The lowest BCUT2D eigenvalue weighted by molar-refractivity contribution is 0.303. The largest absolute Gasteiger partial charge is 0.487 e. The molecular weight excluding hydrogens is 521 g/mol. The molecule has 0 aromatic heterocycles. The van der Waals surface area contributed by atoms with Gasteiger partial charge in [-0.2, -0.15) is 5.26 Å². The van der Waals surface area contributed by atoms with Crippen molar-refractivity contribution in [2.75, 3.05) is 0 Å². The molecule has 0 N–H and O–H groups in total. The van der Waals surface area contributed by atoms with Crippen molar-refractivity contribution in [3.63, 3.8) is 0 Å². The molecule has 0 amide bonds. The zero-order valence-electron chi connectivity index (χ0n) is 16.3. The Hall–Kier alpha value is -2.94. The number of ether oxygens (including phenoxy) is 1. The fourth-order valence-electron chi connectivity index (χ4n) is 3.39. The van der Waals surface area contributed by atoms with E-state index < -0.39 is 5.82 Å². The molecule has 0 heterocycles. The van der Waals surface area contributed by atoms with Gasteiger partial charge in [-0.25, -0.2) is 4.39 Å². The lowest BCUT2D eigenvalue weighted by atomic mass is 10.0. The van der Waals surface area contributed by atoms with Gasteiger partial charge in [0, 0.05) is 5.56 Å². The first-order valence-electron chi connectivity index (χ1n) is 9.52. The fraction of sp³-hybridized carbons (Fsp3) is 0.0385. The number of halogens is 3. The van der Waals surface area contributed by atoms with Crippen molar-refractivity contribution < 1.29 is 9.13 Å². The third-order valence-electron chi connectivity index (χ3n) is 4.87. The Kier molecular flexibility index (Phi) is 6.50. The average molecular weight is 537 g/mol. The highest BCUT2D eigenvalue weighted by atomic mass is 79.9. The van der Waals surface area contributed by atoms with Crippen LogP contribution in [0.15, 0.2) is 87.8 Å². The van der Waals surface area contributed by atoms with Gasteiger partial charge in [0.2, 0.25) is 0 Å². The highest BCUT2D eigenvalue weighted by Crippen LogP contribution is 2.37. The van der Waals surface area contributed by atoms with Crippen molar-refractivity contribution in [3.05, 3.63) is 110 Å². The summed E-state index contributed by atoms with van der Waals surface area (Å²) in [5.74, 6) is 0.234. The van der Waals surface area contributed by atoms with Crippen molar-refractivity contribution in [2.45, 2.75) is 6.61 Å². The number of nitriles is 1. The van der Waals surface area contributed by atoms with Gasteiger partial charge in [-0.3, -0.25) is 0 Å². The maximum atomic E-state index is 14.1. The zero-order chi connectivity index (χ0) is 21.8. The minimum atomic E-state index is -0.427. The molecule has 0 saturated carbocycles. The van der Waals surface area contributed by atoms with Crippen molar-refractivity contribution in [1.29, 1.82) is 5.26 Å². The predicted octanol–water partition coefficient (Wildman–Crippen LogP) is 8.15. The summed E-state index contributed by atoms with van der Waals surface area (Å²) in [6, 6.07) is 26.4. The Balaban J connectivity index is 1.62. The average Bonchev–Trinajstić information content (AvgIpc) is 2.77. The first kappa shape index (κ1) is 21.3. The van der Waals surface area contributed by atoms with E-state index in [2.05, 4.69) is 62.2 Å². The maximum absolute atomic E-state index is 14.1. The Morgan fingerprint density at radius 3 is 2.35 bits per heavy atom. The van der Waals surface area contributed by atoms with E-state index in [9.17, 15) is 9.65 Å². The Labute approximate surface area is 196 Å². The van der Waals surface area contributed by atoms with Crippen molar-refractivity contribution in [2.24, 2.45) is 0 Å². The van der Waals surface area contributed by atoms with E-state index in [0.717, 1.165) is 25.5 Å². The summed E-state index contributed by atoms with van der Waals surface area (Å²) in [5, 5.41) is 11.8. The summed E-state index contributed by atoms with van der Waals surface area (Å²) < 4.78 is 21.7. The molecule has 5 heteroatoms. The molecule has 0 bridgehead atoms. The smallest absolute Gasteiger partial charge is 0.148 e. The van der Waals surface area contributed by atoms with E-state index in [4.69, 9.17) is 4.74 Å². The van der Waals surface area contributed by atoms with E-state index in [0.29, 0.717) is 12.4 Å². The molecular formula is C26H16Br2FNO. The standard InChI is InChI=1S/C26H16Br2FNO/c27-23-13-17(12-20(15-30)22-10-3-4-11-25(22)29)14-24(28)26(23)31-16-19-8-5-7-18-6-1-2-9-21(18)19/h1-14H,16H2/b20-12-.